The molecule has 0 saturated carbocycles. The minimum absolute atomic E-state index is 0.0618. The zero-order valence-corrected chi connectivity index (χ0v) is 18.9. The Balaban J connectivity index is 1.40. The molecule has 1 aromatic heterocycles. The Hall–Kier alpha value is -4.11. The summed E-state index contributed by atoms with van der Waals surface area (Å²) in [6.07, 6.45) is 1.51. The summed E-state index contributed by atoms with van der Waals surface area (Å²) in [6, 6.07) is 14.6. The number of aromatic nitrogens is 1. The van der Waals surface area contributed by atoms with Gasteiger partial charge in [0.15, 0.2) is 0 Å². The predicted octanol–water partition coefficient (Wildman–Crippen LogP) is 3.63. The average Bonchev–Trinajstić information content (AvgIpc) is 3.22. The van der Waals surface area contributed by atoms with E-state index in [1.54, 1.807) is 48.5 Å². The first kappa shape index (κ1) is 23.1. The van der Waals surface area contributed by atoms with Gasteiger partial charge in [0, 0.05) is 29.6 Å². The maximum atomic E-state index is 12.8. The maximum absolute atomic E-state index is 12.8. The molecule has 3 amide bonds. The molecule has 2 heterocycles. The number of pyridine rings is 1. The summed E-state index contributed by atoms with van der Waals surface area (Å²) in [5.74, 6) is -0.434. The summed E-state index contributed by atoms with van der Waals surface area (Å²) in [4.78, 5) is 42.4. The first-order valence-corrected chi connectivity index (χ1v) is 10.7. The fourth-order valence-corrected chi connectivity index (χ4v) is 3.75. The second kappa shape index (κ2) is 9.80. The van der Waals surface area contributed by atoms with Crippen molar-refractivity contribution in [1.82, 2.24) is 4.98 Å². The van der Waals surface area contributed by atoms with Crippen molar-refractivity contribution in [3.63, 3.8) is 0 Å². The maximum Gasteiger partial charge on any atom is 0.248 e. The van der Waals surface area contributed by atoms with Crippen LogP contribution in [0.15, 0.2) is 60.8 Å². The summed E-state index contributed by atoms with van der Waals surface area (Å²) < 4.78 is 11.0. The largest absolute Gasteiger partial charge is 0.495 e. The SMILES string of the molecule is COc1ccc(Cl)cc1N1CC(C(=O)Nc2ccc(Oc3cccc(C(N)=O)c3)nc2)CC1=O. The molecular formula is C24H21ClN4O5. The van der Waals surface area contributed by atoms with Crippen LogP contribution in [0.1, 0.15) is 16.8 Å². The second-order valence-corrected chi connectivity index (χ2v) is 8.03. The highest BCUT2D eigenvalue weighted by Crippen LogP contribution is 2.35. The van der Waals surface area contributed by atoms with E-state index in [0.717, 1.165) is 0 Å². The van der Waals surface area contributed by atoms with Gasteiger partial charge in [0.2, 0.25) is 23.6 Å². The Bertz CT molecular complexity index is 1250. The molecular weight excluding hydrogens is 460 g/mol. The van der Waals surface area contributed by atoms with Crippen LogP contribution in [0.5, 0.6) is 17.4 Å². The molecule has 9 nitrogen and oxygen atoms in total. The number of rotatable bonds is 7. The molecule has 34 heavy (non-hydrogen) atoms. The minimum Gasteiger partial charge on any atom is -0.495 e. The number of halogens is 1. The van der Waals surface area contributed by atoms with Crippen LogP contribution in [-0.4, -0.2) is 36.4 Å². The Labute approximate surface area is 200 Å². The van der Waals surface area contributed by atoms with Gasteiger partial charge in [-0.05, 0) is 42.5 Å². The van der Waals surface area contributed by atoms with Crippen LogP contribution < -0.4 is 25.4 Å². The molecule has 3 N–H and O–H groups in total. The van der Waals surface area contributed by atoms with Gasteiger partial charge in [-0.3, -0.25) is 14.4 Å². The van der Waals surface area contributed by atoms with Crippen molar-refractivity contribution in [2.45, 2.75) is 6.42 Å². The highest BCUT2D eigenvalue weighted by Gasteiger charge is 2.36. The van der Waals surface area contributed by atoms with E-state index < -0.39 is 11.8 Å². The summed E-state index contributed by atoms with van der Waals surface area (Å²) >= 11 is 6.08. The van der Waals surface area contributed by atoms with E-state index in [9.17, 15) is 14.4 Å². The van der Waals surface area contributed by atoms with Gasteiger partial charge in [-0.1, -0.05) is 17.7 Å². The van der Waals surface area contributed by atoms with E-state index in [1.807, 2.05) is 0 Å². The van der Waals surface area contributed by atoms with E-state index in [2.05, 4.69) is 10.3 Å². The Morgan fingerprint density at radius 3 is 2.71 bits per heavy atom. The molecule has 1 aliphatic heterocycles. The van der Waals surface area contributed by atoms with Crippen molar-refractivity contribution >= 4 is 40.7 Å². The summed E-state index contributed by atoms with van der Waals surface area (Å²) in [5.41, 5.74) is 6.58. The van der Waals surface area contributed by atoms with Crippen LogP contribution in [0.4, 0.5) is 11.4 Å². The van der Waals surface area contributed by atoms with Crippen molar-refractivity contribution in [2.75, 3.05) is 23.9 Å². The number of nitrogens with one attached hydrogen (secondary N) is 1. The molecule has 1 saturated heterocycles. The second-order valence-electron chi connectivity index (χ2n) is 7.59. The number of amides is 3. The van der Waals surface area contributed by atoms with E-state index in [1.165, 1.54) is 24.3 Å². The van der Waals surface area contributed by atoms with Crippen molar-refractivity contribution in [1.29, 1.82) is 0 Å². The van der Waals surface area contributed by atoms with Gasteiger partial charge in [0.1, 0.15) is 11.5 Å². The quantitative estimate of drug-likeness (QED) is 0.532. The third-order valence-corrected chi connectivity index (χ3v) is 5.51. The number of nitrogens with zero attached hydrogens (tertiary/aromatic N) is 2. The first-order valence-electron chi connectivity index (χ1n) is 10.3. The Morgan fingerprint density at radius 1 is 1.18 bits per heavy atom. The van der Waals surface area contributed by atoms with Crippen molar-refractivity contribution < 1.29 is 23.9 Å². The van der Waals surface area contributed by atoms with Crippen LogP contribution in [0.25, 0.3) is 0 Å². The highest BCUT2D eigenvalue weighted by molar-refractivity contribution is 6.31. The van der Waals surface area contributed by atoms with Crippen LogP contribution in [0, 0.1) is 5.92 Å². The zero-order chi connectivity index (χ0) is 24.2. The number of carbonyl (C=O) groups is 3. The molecule has 1 unspecified atom stereocenters. The first-order chi connectivity index (χ1) is 16.3. The number of primary amides is 1. The molecule has 174 valence electrons. The lowest BCUT2D eigenvalue weighted by Crippen LogP contribution is -2.28. The minimum atomic E-state index is -0.561. The fourth-order valence-electron chi connectivity index (χ4n) is 3.58. The summed E-state index contributed by atoms with van der Waals surface area (Å²) in [7, 11) is 1.51. The number of hydrogen-bond acceptors (Lipinski definition) is 6. The number of benzene rings is 2. The molecule has 1 fully saturated rings. The number of methoxy groups -OCH3 is 1. The normalized spacial score (nSPS) is 15.2. The highest BCUT2D eigenvalue weighted by atomic mass is 35.5. The number of nitrogens with two attached hydrogens (primary N) is 1. The van der Waals surface area contributed by atoms with Crippen LogP contribution in [-0.2, 0) is 9.59 Å². The number of carbonyl (C=O) groups excluding carboxylic acids is 3. The lowest BCUT2D eigenvalue weighted by Gasteiger charge is -2.19. The predicted molar refractivity (Wildman–Crippen MR) is 126 cm³/mol. The number of anilines is 2. The van der Waals surface area contributed by atoms with Crippen molar-refractivity contribution in [3.8, 4) is 17.4 Å². The third-order valence-electron chi connectivity index (χ3n) is 5.27. The van der Waals surface area contributed by atoms with E-state index in [-0.39, 0.29) is 30.7 Å². The van der Waals surface area contributed by atoms with E-state index in [0.29, 0.717) is 33.5 Å². The van der Waals surface area contributed by atoms with Crippen LogP contribution in [0.3, 0.4) is 0 Å². The topological polar surface area (TPSA) is 124 Å². The lowest BCUT2D eigenvalue weighted by atomic mass is 10.1. The number of ether oxygens (including phenoxy) is 2. The third kappa shape index (κ3) is 5.10. The molecule has 0 radical (unpaired) electrons. The molecule has 0 spiro atoms. The van der Waals surface area contributed by atoms with Gasteiger partial charge in [-0.25, -0.2) is 4.98 Å². The Morgan fingerprint density at radius 2 is 2.00 bits per heavy atom. The van der Waals surface area contributed by atoms with Crippen molar-refractivity contribution in [3.05, 3.63) is 71.4 Å². The van der Waals surface area contributed by atoms with Gasteiger partial charge in [-0.15, -0.1) is 0 Å². The molecule has 3 aromatic rings. The fraction of sp³-hybridized carbons (Fsp3) is 0.167. The monoisotopic (exact) mass is 480 g/mol. The van der Waals surface area contributed by atoms with Gasteiger partial charge in [-0.2, -0.15) is 0 Å². The molecule has 0 bridgehead atoms. The molecule has 10 heteroatoms. The average molecular weight is 481 g/mol. The number of hydrogen-bond donors (Lipinski definition) is 2. The van der Waals surface area contributed by atoms with E-state index in [4.69, 9.17) is 26.8 Å². The smallest absolute Gasteiger partial charge is 0.248 e. The van der Waals surface area contributed by atoms with Crippen molar-refractivity contribution in [2.24, 2.45) is 11.7 Å². The molecule has 2 aromatic carbocycles. The van der Waals surface area contributed by atoms with Gasteiger partial charge in [0.05, 0.1) is 30.6 Å². The molecule has 1 aliphatic rings. The van der Waals surface area contributed by atoms with Gasteiger partial charge < -0.3 is 25.4 Å². The standard InChI is InChI=1S/C24H21ClN4O5/c1-33-20-7-5-16(25)11-19(20)29-13-15(10-22(29)30)24(32)28-17-6-8-21(27-12-17)34-18-4-2-3-14(9-18)23(26)31/h2-9,11-12,15H,10,13H2,1H3,(H2,26,31)(H,28,32). The van der Waals surface area contributed by atoms with Crippen LogP contribution in [0.2, 0.25) is 5.02 Å². The molecule has 0 aliphatic carbocycles. The molecule has 1 atom stereocenters. The summed E-state index contributed by atoms with van der Waals surface area (Å²) in [6.45, 7) is 0.201. The van der Waals surface area contributed by atoms with E-state index >= 15 is 0 Å². The Kier molecular flexibility index (Phi) is 6.65. The lowest BCUT2D eigenvalue weighted by molar-refractivity contribution is -0.122. The summed E-state index contributed by atoms with van der Waals surface area (Å²) in [5, 5.41) is 3.24. The van der Waals surface area contributed by atoms with Gasteiger partial charge in [0.25, 0.3) is 0 Å². The molecule has 4 rings (SSSR count). The van der Waals surface area contributed by atoms with Crippen LogP contribution >= 0.6 is 11.6 Å². The zero-order valence-electron chi connectivity index (χ0n) is 18.2. The van der Waals surface area contributed by atoms with Gasteiger partial charge >= 0.3 is 0 Å².